The van der Waals surface area contributed by atoms with Crippen molar-refractivity contribution < 1.29 is 0 Å². The first kappa shape index (κ1) is 12.9. The fraction of sp³-hybridized carbons (Fsp3) is 1.00. The number of hydrogen-bond donors (Lipinski definition) is 2. The van der Waals surface area contributed by atoms with Gasteiger partial charge in [-0.25, -0.2) is 0 Å². The van der Waals surface area contributed by atoms with Gasteiger partial charge in [-0.05, 0) is 38.3 Å². The lowest BCUT2D eigenvalue weighted by molar-refractivity contribution is 0.521. The van der Waals surface area contributed by atoms with Gasteiger partial charge in [0.15, 0.2) is 0 Å². The highest BCUT2D eigenvalue weighted by Gasteiger charge is 1.92. The van der Waals surface area contributed by atoms with E-state index in [4.69, 9.17) is 0 Å². The lowest BCUT2D eigenvalue weighted by Gasteiger charge is -2.06. The maximum Gasteiger partial charge on any atom is 0.00767 e. The van der Waals surface area contributed by atoms with Crippen LogP contribution in [0.2, 0.25) is 0 Å². The van der Waals surface area contributed by atoms with Crippen molar-refractivity contribution in [2.75, 3.05) is 26.2 Å². The zero-order valence-corrected chi connectivity index (χ0v) is 9.53. The van der Waals surface area contributed by atoms with E-state index in [9.17, 15) is 0 Å². The summed E-state index contributed by atoms with van der Waals surface area (Å²) >= 11 is 0. The van der Waals surface area contributed by atoms with E-state index in [1.807, 2.05) is 0 Å². The summed E-state index contributed by atoms with van der Waals surface area (Å²) < 4.78 is 0. The Balaban J connectivity index is 2.84. The van der Waals surface area contributed by atoms with E-state index in [-0.39, 0.29) is 0 Å². The lowest BCUT2D eigenvalue weighted by Crippen LogP contribution is -2.28. The van der Waals surface area contributed by atoms with Gasteiger partial charge in [0.05, 0.1) is 0 Å². The molecule has 0 aromatic heterocycles. The average Bonchev–Trinajstić information content (AvgIpc) is 2.09. The minimum absolute atomic E-state index is 0.847. The standard InChI is InChI=1S/C11H26N2/c1-4-7-12-9-10-13-8-5-6-11(2)3/h11-13H,4-10H2,1-3H3. The van der Waals surface area contributed by atoms with Gasteiger partial charge in [0, 0.05) is 13.1 Å². The summed E-state index contributed by atoms with van der Waals surface area (Å²) in [7, 11) is 0. The molecule has 0 aliphatic heterocycles. The average molecular weight is 186 g/mol. The van der Waals surface area contributed by atoms with Gasteiger partial charge >= 0.3 is 0 Å². The Morgan fingerprint density at radius 1 is 0.923 bits per heavy atom. The zero-order valence-electron chi connectivity index (χ0n) is 9.53. The maximum atomic E-state index is 3.44. The highest BCUT2D eigenvalue weighted by Crippen LogP contribution is 2.01. The van der Waals surface area contributed by atoms with Crippen molar-refractivity contribution in [2.24, 2.45) is 5.92 Å². The highest BCUT2D eigenvalue weighted by atomic mass is 14.9. The van der Waals surface area contributed by atoms with E-state index >= 15 is 0 Å². The molecule has 0 rings (SSSR count). The highest BCUT2D eigenvalue weighted by molar-refractivity contribution is 4.53. The molecule has 0 spiro atoms. The first-order chi connectivity index (χ1) is 6.27. The minimum atomic E-state index is 0.847. The van der Waals surface area contributed by atoms with Gasteiger partial charge in [-0.3, -0.25) is 0 Å². The summed E-state index contributed by atoms with van der Waals surface area (Å²) in [5, 5.41) is 6.81. The largest absolute Gasteiger partial charge is 0.315 e. The van der Waals surface area contributed by atoms with Crippen molar-refractivity contribution >= 4 is 0 Å². The molecule has 2 heteroatoms. The van der Waals surface area contributed by atoms with E-state index in [2.05, 4.69) is 31.4 Å². The Morgan fingerprint density at radius 2 is 1.54 bits per heavy atom. The molecule has 0 fully saturated rings. The van der Waals surface area contributed by atoms with Crippen LogP contribution in [0.1, 0.15) is 40.0 Å². The van der Waals surface area contributed by atoms with Gasteiger partial charge < -0.3 is 10.6 Å². The number of nitrogens with one attached hydrogen (secondary N) is 2. The molecule has 0 saturated carbocycles. The fourth-order valence-corrected chi connectivity index (χ4v) is 1.24. The van der Waals surface area contributed by atoms with Crippen LogP contribution >= 0.6 is 0 Å². The molecule has 0 radical (unpaired) electrons. The van der Waals surface area contributed by atoms with Crippen LogP contribution in [-0.2, 0) is 0 Å². The smallest absolute Gasteiger partial charge is 0.00767 e. The third-order valence-electron chi connectivity index (χ3n) is 2.04. The van der Waals surface area contributed by atoms with Crippen molar-refractivity contribution in [1.82, 2.24) is 10.6 Å². The van der Waals surface area contributed by atoms with E-state index in [0.717, 1.165) is 25.6 Å². The number of rotatable bonds is 9. The second-order valence-corrected chi connectivity index (χ2v) is 4.04. The molecule has 13 heavy (non-hydrogen) atoms. The van der Waals surface area contributed by atoms with Gasteiger partial charge in [-0.15, -0.1) is 0 Å². The summed E-state index contributed by atoms with van der Waals surface area (Å²) in [4.78, 5) is 0. The van der Waals surface area contributed by atoms with Gasteiger partial charge in [-0.2, -0.15) is 0 Å². The fourth-order valence-electron chi connectivity index (χ4n) is 1.24. The molecule has 0 saturated heterocycles. The van der Waals surface area contributed by atoms with Gasteiger partial charge in [0.25, 0.3) is 0 Å². The molecule has 0 aromatic rings. The summed E-state index contributed by atoms with van der Waals surface area (Å²) in [6.45, 7) is 11.3. The lowest BCUT2D eigenvalue weighted by atomic mass is 10.1. The molecule has 0 aliphatic carbocycles. The van der Waals surface area contributed by atoms with E-state index < -0.39 is 0 Å². The molecule has 0 amide bonds. The predicted octanol–water partition coefficient (Wildman–Crippen LogP) is 2.01. The van der Waals surface area contributed by atoms with Crippen molar-refractivity contribution in [2.45, 2.75) is 40.0 Å². The molecule has 0 atom stereocenters. The van der Waals surface area contributed by atoms with E-state index in [0.29, 0.717) is 0 Å². The maximum absolute atomic E-state index is 3.44. The molecule has 80 valence electrons. The van der Waals surface area contributed by atoms with Crippen LogP contribution in [-0.4, -0.2) is 26.2 Å². The van der Waals surface area contributed by atoms with Crippen LogP contribution in [0, 0.1) is 5.92 Å². The van der Waals surface area contributed by atoms with E-state index in [1.54, 1.807) is 0 Å². The molecule has 2 nitrogen and oxygen atoms in total. The van der Waals surface area contributed by atoms with Crippen LogP contribution in [0.3, 0.4) is 0 Å². The van der Waals surface area contributed by atoms with Gasteiger partial charge in [0.1, 0.15) is 0 Å². The monoisotopic (exact) mass is 186 g/mol. The van der Waals surface area contributed by atoms with Gasteiger partial charge in [-0.1, -0.05) is 20.8 Å². The summed E-state index contributed by atoms with van der Waals surface area (Å²) in [5.74, 6) is 0.847. The van der Waals surface area contributed by atoms with Crippen LogP contribution in [0.5, 0.6) is 0 Å². The van der Waals surface area contributed by atoms with E-state index in [1.165, 1.54) is 25.8 Å². The molecule has 2 N–H and O–H groups in total. The molecule has 0 heterocycles. The molecule has 0 aliphatic rings. The van der Waals surface area contributed by atoms with Crippen LogP contribution < -0.4 is 10.6 Å². The first-order valence-corrected chi connectivity index (χ1v) is 5.68. The molecular weight excluding hydrogens is 160 g/mol. The van der Waals surface area contributed by atoms with Crippen molar-refractivity contribution in [1.29, 1.82) is 0 Å². The van der Waals surface area contributed by atoms with Gasteiger partial charge in [0.2, 0.25) is 0 Å². The second-order valence-electron chi connectivity index (χ2n) is 4.04. The summed E-state index contributed by atoms with van der Waals surface area (Å²) in [6, 6.07) is 0. The topological polar surface area (TPSA) is 24.1 Å². The second kappa shape index (κ2) is 10.0. The Kier molecular flexibility index (Phi) is 9.94. The Bertz CT molecular complexity index is 92.1. The molecular formula is C11H26N2. The third kappa shape index (κ3) is 11.9. The molecule has 0 unspecified atom stereocenters. The summed E-state index contributed by atoms with van der Waals surface area (Å²) in [5.41, 5.74) is 0. The van der Waals surface area contributed by atoms with Crippen LogP contribution in [0.15, 0.2) is 0 Å². The molecule has 0 aromatic carbocycles. The van der Waals surface area contributed by atoms with Crippen LogP contribution in [0.25, 0.3) is 0 Å². The first-order valence-electron chi connectivity index (χ1n) is 5.68. The Hall–Kier alpha value is -0.0800. The third-order valence-corrected chi connectivity index (χ3v) is 2.04. The Labute approximate surface area is 83.5 Å². The SMILES string of the molecule is CCCNCCNCCCC(C)C. The van der Waals surface area contributed by atoms with Crippen molar-refractivity contribution in [3.8, 4) is 0 Å². The normalized spacial score (nSPS) is 11.1. The van der Waals surface area contributed by atoms with Crippen LogP contribution in [0.4, 0.5) is 0 Å². The quantitative estimate of drug-likeness (QED) is 0.538. The predicted molar refractivity (Wildman–Crippen MR) is 60.1 cm³/mol. The summed E-state index contributed by atoms with van der Waals surface area (Å²) in [6.07, 6.45) is 3.88. The minimum Gasteiger partial charge on any atom is -0.315 e. The molecule has 0 bridgehead atoms. The zero-order chi connectivity index (χ0) is 9.94. The Morgan fingerprint density at radius 3 is 2.08 bits per heavy atom. The van der Waals surface area contributed by atoms with Crippen molar-refractivity contribution in [3.05, 3.63) is 0 Å². The van der Waals surface area contributed by atoms with Crippen molar-refractivity contribution in [3.63, 3.8) is 0 Å². The number of hydrogen-bond acceptors (Lipinski definition) is 2.